The number of rotatable bonds is 3. The molecule has 3 atom stereocenters. The van der Waals surface area contributed by atoms with Crippen molar-refractivity contribution < 1.29 is 9.50 Å². The molecule has 2 rings (SSSR count). The summed E-state index contributed by atoms with van der Waals surface area (Å²) in [5.74, 6) is -0.153. The van der Waals surface area contributed by atoms with Gasteiger partial charge in [0, 0.05) is 22.1 Å². The van der Waals surface area contributed by atoms with Gasteiger partial charge in [-0.25, -0.2) is 4.39 Å². The van der Waals surface area contributed by atoms with E-state index >= 15 is 0 Å². The first-order valence-corrected chi connectivity index (χ1v) is 6.22. The molecule has 1 aromatic carbocycles. The third-order valence-electron chi connectivity index (χ3n) is 3.10. The maximum atomic E-state index is 13.3. The molecule has 0 saturated heterocycles. The normalized spacial score (nSPS) is 25.5. The number of hydrogen-bond acceptors (Lipinski definition) is 2. The summed E-state index contributed by atoms with van der Waals surface area (Å²) in [4.78, 5) is 0. The lowest BCUT2D eigenvalue weighted by Gasteiger charge is -2.16. The Kier molecular flexibility index (Phi) is 3.22. The fraction of sp³-hybridized carbons (Fsp3) is 0.500. The predicted octanol–water partition coefficient (Wildman–Crippen LogP) is 3.35. The number of benzene rings is 1. The zero-order valence-electron chi connectivity index (χ0n) is 9.30. The Labute approximate surface area is 103 Å². The van der Waals surface area contributed by atoms with Gasteiger partial charge in [-0.2, -0.15) is 0 Å². The highest BCUT2D eigenvalue weighted by atomic mass is 79.9. The summed E-state index contributed by atoms with van der Waals surface area (Å²) in [7, 11) is 0. The number of aromatic hydroxyl groups is 1. The third-order valence-corrected chi connectivity index (χ3v) is 3.56. The Morgan fingerprint density at radius 2 is 2.19 bits per heavy atom. The van der Waals surface area contributed by atoms with Crippen LogP contribution in [0.4, 0.5) is 4.39 Å². The average molecular weight is 288 g/mol. The Balaban J connectivity index is 2.18. The lowest BCUT2D eigenvalue weighted by atomic mass is 10.1. The van der Waals surface area contributed by atoms with E-state index in [0.717, 1.165) is 6.42 Å². The lowest BCUT2D eigenvalue weighted by molar-refractivity contribution is 0.413. The quantitative estimate of drug-likeness (QED) is 0.894. The van der Waals surface area contributed by atoms with Crippen molar-refractivity contribution in [1.29, 1.82) is 0 Å². The molecule has 0 radical (unpaired) electrons. The molecule has 4 heteroatoms. The van der Waals surface area contributed by atoms with Crippen molar-refractivity contribution in [3.63, 3.8) is 0 Å². The molecule has 88 valence electrons. The topological polar surface area (TPSA) is 32.3 Å². The Morgan fingerprint density at radius 1 is 1.56 bits per heavy atom. The monoisotopic (exact) mass is 287 g/mol. The molecule has 0 aliphatic heterocycles. The van der Waals surface area contributed by atoms with Gasteiger partial charge in [0.15, 0.2) is 11.6 Å². The lowest BCUT2D eigenvalue weighted by Crippen LogP contribution is -2.22. The van der Waals surface area contributed by atoms with Crippen LogP contribution in [0.25, 0.3) is 0 Å². The van der Waals surface area contributed by atoms with Gasteiger partial charge in [-0.1, -0.05) is 22.9 Å². The first kappa shape index (κ1) is 11.9. The van der Waals surface area contributed by atoms with Crippen LogP contribution in [0.15, 0.2) is 16.6 Å². The molecule has 2 nitrogen and oxygen atoms in total. The second-order valence-corrected chi connectivity index (χ2v) is 5.45. The van der Waals surface area contributed by atoms with Gasteiger partial charge in [0.1, 0.15) is 0 Å². The van der Waals surface area contributed by atoms with E-state index in [0.29, 0.717) is 22.0 Å². The van der Waals surface area contributed by atoms with Crippen LogP contribution in [0.1, 0.15) is 31.9 Å². The molecule has 1 fully saturated rings. The molecule has 1 aliphatic carbocycles. The summed E-state index contributed by atoms with van der Waals surface area (Å²) >= 11 is 3.23. The SMILES string of the molecule is CC(NC1CC1C)c1cc(Br)cc(F)c1O. The van der Waals surface area contributed by atoms with Crippen molar-refractivity contribution in [3.05, 3.63) is 28.0 Å². The van der Waals surface area contributed by atoms with Crippen LogP contribution >= 0.6 is 15.9 Å². The maximum absolute atomic E-state index is 13.3. The molecule has 0 bridgehead atoms. The van der Waals surface area contributed by atoms with Crippen molar-refractivity contribution in [2.45, 2.75) is 32.4 Å². The summed E-state index contributed by atoms with van der Waals surface area (Å²) in [6, 6.07) is 3.48. The van der Waals surface area contributed by atoms with E-state index in [1.54, 1.807) is 6.07 Å². The van der Waals surface area contributed by atoms with E-state index in [1.165, 1.54) is 6.07 Å². The van der Waals surface area contributed by atoms with Crippen molar-refractivity contribution in [2.24, 2.45) is 5.92 Å². The fourth-order valence-electron chi connectivity index (χ4n) is 1.88. The summed E-state index contributed by atoms with van der Waals surface area (Å²) in [6.07, 6.45) is 1.15. The van der Waals surface area contributed by atoms with Crippen LogP contribution in [-0.4, -0.2) is 11.1 Å². The summed E-state index contributed by atoms with van der Waals surface area (Å²) in [6.45, 7) is 4.11. The number of nitrogens with one attached hydrogen (secondary N) is 1. The number of phenols is 1. The highest BCUT2D eigenvalue weighted by Gasteiger charge is 2.34. The van der Waals surface area contributed by atoms with Gasteiger partial charge < -0.3 is 10.4 Å². The van der Waals surface area contributed by atoms with E-state index in [4.69, 9.17) is 0 Å². The molecule has 2 N–H and O–H groups in total. The van der Waals surface area contributed by atoms with E-state index in [2.05, 4.69) is 28.2 Å². The van der Waals surface area contributed by atoms with Gasteiger partial charge in [-0.05, 0) is 31.4 Å². The molecule has 16 heavy (non-hydrogen) atoms. The molecule has 0 heterocycles. The van der Waals surface area contributed by atoms with Crippen LogP contribution in [0.2, 0.25) is 0 Å². The highest BCUT2D eigenvalue weighted by Crippen LogP contribution is 2.35. The standard InChI is InChI=1S/C12H15BrFNO/c1-6-3-11(6)15-7(2)9-4-8(13)5-10(14)12(9)16/h4-7,11,15-16H,3H2,1-2H3. The summed E-state index contributed by atoms with van der Waals surface area (Å²) < 4.78 is 14.0. The van der Waals surface area contributed by atoms with Gasteiger partial charge in [0.05, 0.1) is 0 Å². The minimum Gasteiger partial charge on any atom is -0.505 e. The summed E-state index contributed by atoms with van der Waals surface area (Å²) in [5.41, 5.74) is 0.603. The molecule has 0 aromatic heterocycles. The van der Waals surface area contributed by atoms with E-state index in [-0.39, 0.29) is 11.8 Å². The van der Waals surface area contributed by atoms with E-state index in [1.807, 2.05) is 6.92 Å². The van der Waals surface area contributed by atoms with Gasteiger partial charge in [-0.15, -0.1) is 0 Å². The van der Waals surface area contributed by atoms with Gasteiger partial charge >= 0.3 is 0 Å². The van der Waals surface area contributed by atoms with Crippen molar-refractivity contribution in [1.82, 2.24) is 5.32 Å². The molecule has 0 amide bonds. The minimum absolute atomic E-state index is 0.0399. The summed E-state index contributed by atoms with van der Waals surface area (Å²) in [5, 5.41) is 13.0. The maximum Gasteiger partial charge on any atom is 0.166 e. The third kappa shape index (κ3) is 2.38. The first-order valence-electron chi connectivity index (χ1n) is 5.43. The Hall–Kier alpha value is -0.610. The second-order valence-electron chi connectivity index (χ2n) is 4.53. The van der Waals surface area contributed by atoms with Gasteiger partial charge in [0.2, 0.25) is 0 Å². The molecule has 3 unspecified atom stereocenters. The Morgan fingerprint density at radius 3 is 2.75 bits per heavy atom. The van der Waals surface area contributed by atoms with E-state index in [9.17, 15) is 9.50 Å². The molecule has 1 aliphatic rings. The molecular weight excluding hydrogens is 273 g/mol. The zero-order chi connectivity index (χ0) is 11.9. The average Bonchev–Trinajstić information content (AvgIpc) is 2.87. The number of halogens is 2. The number of hydrogen-bond donors (Lipinski definition) is 2. The van der Waals surface area contributed by atoms with Crippen molar-refractivity contribution in [2.75, 3.05) is 0 Å². The highest BCUT2D eigenvalue weighted by molar-refractivity contribution is 9.10. The van der Waals surface area contributed by atoms with Crippen LogP contribution in [0.3, 0.4) is 0 Å². The molecule has 1 saturated carbocycles. The van der Waals surface area contributed by atoms with Crippen LogP contribution in [0.5, 0.6) is 5.75 Å². The fourth-order valence-corrected chi connectivity index (χ4v) is 2.33. The van der Waals surface area contributed by atoms with Crippen LogP contribution in [0, 0.1) is 11.7 Å². The predicted molar refractivity (Wildman–Crippen MR) is 64.9 cm³/mol. The smallest absolute Gasteiger partial charge is 0.166 e. The van der Waals surface area contributed by atoms with Crippen LogP contribution < -0.4 is 5.32 Å². The first-order chi connectivity index (χ1) is 7.49. The Bertz CT molecular complexity index is 410. The van der Waals surface area contributed by atoms with Gasteiger partial charge in [-0.3, -0.25) is 0 Å². The van der Waals surface area contributed by atoms with Crippen molar-refractivity contribution >= 4 is 15.9 Å². The minimum atomic E-state index is -0.582. The molecule has 0 spiro atoms. The number of phenolic OH excluding ortho intramolecular Hbond substituents is 1. The second kappa shape index (κ2) is 4.34. The van der Waals surface area contributed by atoms with Gasteiger partial charge in [0.25, 0.3) is 0 Å². The molecular formula is C12H15BrFNO. The largest absolute Gasteiger partial charge is 0.505 e. The van der Waals surface area contributed by atoms with Crippen LogP contribution in [-0.2, 0) is 0 Å². The van der Waals surface area contributed by atoms with Crippen molar-refractivity contribution in [3.8, 4) is 5.75 Å². The zero-order valence-corrected chi connectivity index (χ0v) is 10.9. The molecule has 1 aromatic rings. The van der Waals surface area contributed by atoms with E-state index < -0.39 is 5.82 Å².